The fraction of sp³-hybridized carbons (Fsp3) is 0.0714. The van der Waals surface area contributed by atoms with Crippen molar-refractivity contribution in [1.82, 2.24) is 15.1 Å². The van der Waals surface area contributed by atoms with Crippen LogP contribution in [0, 0.1) is 5.82 Å². The van der Waals surface area contributed by atoms with Gasteiger partial charge in [-0.3, -0.25) is 0 Å². The molecule has 1 aromatic carbocycles. The number of benzene rings is 1. The Labute approximate surface area is 124 Å². The van der Waals surface area contributed by atoms with E-state index < -0.39 is 0 Å². The number of rotatable bonds is 4. The molecule has 0 spiro atoms. The molecule has 0 radical (unpaired) electrons. The van der Waals surface area contributed by atoms with Crippen molar-refractivity contribution in [3.8, 4) is 11.5 Å². The molecule has 2 N–H and O–H groups in total. The number of nitrogens with two attached hydrogens (primary N) is 1. The second-order valence-corrected chi connectivity index (χ2v) is 5.28. The Morgan fingerprint density at radius 1 is 1.24 bits per heavy atom. The number of hydrogen-bond acceptors (Lipinski definition) is 6. The molecular weight excluding hydrogens is 291 g/mol. The Balaban J connectivity index is 1.71. The van der Waals surface area contributed by atoms with E-state index in [2.05, 4.69) is 15.1 Å². The van der Waals surface area contributed by atoms with Crippen molar-refractivity contribution in [1.29, 1.82) is 0 Å². The molecule has 106 valence electrons. The molecule has 3 rings (SSSR count). The zero-order chi connectivity index (χ0) is 14.7. The molecule has 2 aromatic heterocycles. The fourth-order valence-electron chi connectivity index (χ4n) is 1.72. The standard InChI is InChI=1S/C14H11FN4OS/c15-10-2-1-3-11(7-10)21-8-13-18-14(20-19-13)9-4-5-17-12(16)6-9/h1-7H,8H2,(H2,16,17). The van der Waals surface area contributed by atoms with Gasteiger partial charge in [-0.15, -0.1) is 11.8 Å². The highest BCUT2D eigenvalue weighted by Gasteiger charge is 2.09. The summed E-state index contributed by atoms with van der Waals surface area (Å²) in [6.07, 6.45) is 1.58. The van der Waals surface area contributed by atoms with Crippen LogP contribution in [0.2, 0.25) is 0 Å². The van der Waals surface area contributed by atoms with Crippen LogP contribution in [-0.4, -0.2) is 15.1 Å². The minimum Gasteiger partial charge on any atom is -0.384 e. The minimum atomic E-state index is -0.263. The SMILES string of the molecule is Nc1cc(-c2nc(CSc3cccc(F)c3)no2)ccn1. The summed E-state index contributed by atoms with van der Waals surface area (Å²) < 4.78 is 18.3. The lowest BCUT2D eigenvalue weighted by Gasteiger charge is -1.97. The summed E-state index contributed by atoms with van der Waals surface area (Å²) in [4.78, 5) is 9.00. The van der Waals surface area contributed by atoms with E-state index in [1.807, 2.05) is 6.07 Å². The molecule has 0 aliphatic heterocycles. The molecule has 0 fully saturated rings. The number of thioether (sulfide) groups is 1. The van der Waals surface area contributed by atoms with Crippen molar-refractivity contribution in [2.75, 3.05) is 5.73 Å². The number of anilines is 1. The first-order valence-corrected chi connectivity index (χ1v) is 7.12. The Bertz CT molecular complexity index is 762. The molecule has 21 heavy (non-hydrogen) atoms. The monoisotopic (exact) mass is 302 g/mol. The van der Waals surface area contributed by atoms with Gasteiger partial charge < -0.3 is 10.3 Å². The summed E-state index contributed by atoms with van der Waals surface area (Å²) in [7, 11) is 0. The fourth-order valence-corrected chi connectivity index (χ4v) is 2.50. The van der Waals surface area contributed by atoms with Gasteiger partial charge in [0.1, 0.15) is 11.6 Å². The Morgan fingerprint density at radius 3 is 2.95 bits per heavy atom. The van der Waals surface area contributed by atoms with E-state index in [-0.39, 0.29) is 5.82 Å². The van der Waals surface area contributed by atoms with Gasteiger partial charge in [0.25, 0.3) is 5.89 Å². The van der Waals surface area contributed by atoms with E-state index in [0.29, 0.717) is 23.3 Å². The highest BCUT2D eigenvalue weighted by atomic mass is 32.2. The quantitative estimate of drug-likeness (QED) is 0.746. The van der Waals surface area contributed by atoms with Gasteiger partial charge in [0.2, 0.25) is 0 Å². The first-order chi connectivity index (χ1) is 10.2. The smallest absolute Gasteiger partial charge is 0.258 e. The van der Waals surface area contributed by atoms with E-state index in [1.165, 1.54) is 23.9 Å². The van der Waals surface area contributed by atoms with Gasteiger partial charge in [0.05, 0.1) is 5.75 Å². The Hall–Kier alpha value is -2.41. The Kier molecular flexibility index (Phi) is 3.83. The number of pyridine rings is 1. The van der Waals surface area contributed by atoms with Gasteiger partial charge >= 0.3 is 0 Å². The predicted octanol–water partition coefficient (Wildman–Crippen LogP) is 3.15. The lowest BCUT2D eigenvalue weighted by molar-refractivity contribution is 0.425. The van der Waals surface area contributed by atoms with Gasteiger partial charge in [-0.1, -0.05) is 11.2 Å². The van der Waals surface area contributed by atoms with E-state index in [9.17, 15) is 4.39 Å². The number of aromatic nitrogens is 3. The molecule has 0 atom stereocenters. The highest BCUT2D eigenvalue weighted by molar-refractivity contribution is 7.98. The summed E-state index contributed by atoms with van der Waals surface area (Å²) in [6.45, 7) is 0. The van der Waals surface area contributed by atoms with Gasteiger partial charge in [0, 0.05) is 16.7 Å². The summed E-state index contributed by atoms with van der Waals surface area (Å²) >= 11 is 1.44. The first-order valence-electron chi connectivity index (χ1n) is 6.13. The average Bonchev–Trinajstić information content (AvgIpc) is 2.94. The van der Waals surface area contributed by atoms with Crippen molar-refractivity contribution >= 4 is 17.6 Å². The van der Waals surface area contributed by atoms with Crippen LogP contribution in [-0.2, 0) is 5.75 Å². The van der Waals surface area contributed by atoms with Crippen molar-refractivity contribution in [2.45, 2.75) is 10.6 Å². The number of hydrogen-bond donors (Lipinski definition) is 1. The third kappa shape index (κ3) is 3.38. The Morgan fingerprint density at radius 2 is 2.14 bits per heavy atom. The molecule has 5 nitrogen and oxygen atoms in total. The van der Waals surface area contributed by atoms with Gasteiger partial charge in [-0.2, -0.15) is 4.98 Å². The topological polar surface area (TPSA) is 77.8 Å². The molecule has 0 aliphatic carbocycles. The molecular formula is C14H11FN4OS. The van der Waals surface area contributed by atoms with Crippen LogP contribution < -0.4 is 5.73 Å². The molecule has 0 bridgehead atoms. The van der Waals surface area contributed by atoms with Crippen LogP contribution in [0.15, 0.2) is 52.0 Å². The van der Waals surface area contributed by atoms with Crippen molar-refractivity contribution in [3.05, 3.63) is 54.2 Å². The summed E-state index contributed by atoms with van der Waals surface area (Å²) in [5.41, 5.74) is 6.33. The van der Waals surface area contributed by atoms with Crippen molar-refractivity contribution < 1.29 is 8.91 Å². The van der Waals surface area contributed by atoms with Crippen molar-refractivity contribution in [2.24, 2.45) is 0 Å². The predicted molar refractivity (Wildman–Crippen MR) is 77.9 cm³/mol. The molecule has 3 aromatic rings. The zero-order valence-electron chi connectivity index (χ0n) is 10.9. The van der Waals surface area contributed by atoms with E-state index >= 15 is 0 Å². The summed E-state index contributed by atoms with van der Waals surface area (Å²) in [6, 6.07) is 9.78. The van der Waals surface area contributed by atoms with Crippen LogP contribution in [0.3, 0.4) is 0 Å². The summed E-state index contributed by atoms with van der Waals surface area (Å²) in [5, 5.41) is 3.90. The zero-order valence-corrected chi connectivity index (χ0v) is 11.7. The van der Waals surface area contributed by atoms with Gasteiger partial charge in [0.15, 0.2) is 5.82 Å². The van der Waals surface area contributed by atoms with Crippen LogP contribution in [0.1, 0.15) is 5.82 Å². The third-order valence-corrected chi connectivity index (χ3v) is 3.65. The van der Waals surface area contributed by atoms with Crippen LogP contribution in [0.5, 0.6) is 0 Å². The normalized spacial score (nSPS) is 10.7. The van der Waals surface area contributed by atoms with E-state index in [1.54, 1.807) is 24.4 Å². The average molecular weight is 302 g/mol. The molecule has 0 saturated heterocycles. The second kappa shape index (κ2) is 5.92. The van der Waals surface area contributed by atoms with Crippen molar-refractivity contribution in [3.63, 3.8) is 0 Å². The van der Waals surface area contributed by atoms with Crippen LogP contribution in [0.25, 0.3) is 11.5 Å². The maximum Gasteiger partial charge on any atom is 0.258 e. The summed E-state index contributed by atoms with van der Waals surface area (Å²) in [5.74, 6) is 1.55. The highest BCUT2D eigenvalue weighted by Crippen LogP contribution is 2.24. The second-order valence-electron chi connectivity index (χ2n) is 4.23. The van der Waals surface area contributed by atoms with E-state index in [4.69, 9.17) is 10.3 Å². The van der Waals surface area contributed by atoms with Crippen LogP contribution in [0.4, 0.5) is 10.2 Å². The number of nitrogens with zero attached hydrogens (tertiary/aromatic N) is 3. The molecule has 0 aliphatic rings. The molecule has 2 heterocycles. The molecule has 7 heteroatoms. The maximum absolute atomic E-state index is 13.1. The minimum absolute atomic E-state index is 0.263. The maximum atomic E-state index is 13.1. The number of nitrogen functional groups attached to an aromatic ring is 1. The molecule has 0 saturated carbocycles. The third-order valence-electron chi connectivity index (χ3n) is 2.66. The van der Waals surface area contributed by atoms with E-state index in [0.717, 1.165) is 10.5 Å². The van der Waals surface area contributed by atoms with Crippen LogP contribution >= 0.6 is 11.8 Å². The number of halogens is 1. The van der Waals surface area contributed by atoms with Gasteiger partial charge in [-0.25, -0.2) is 9.37 Å². The lowest BCUT2D eigenvalue weighted by atomic mass is 10.2. The molecule has 0 unspecified atom stereocenters. The molecule has 0 amide bonds. The first kappa shape index (κ1) is 13.6. The van der Waals surface area contributed by atoms with Gasteiger partial charge in [-0.05, 0) is 30.3 Å². The largest absolute Gasteiger partial charge is 0.384 e. The lowest BCUT2D eigenvalue weighted by Crippen LogP contribution is -1.89.